The molecule has 6 nitrogen and oxygen atoms in total. The quantitative estimate of drug-likeness (QED) is 0.753. The minimum absolute atomic E-state index is 0.156. The van der Waals surface area contributed by atoms with Crippen LogP contribution in [0.5, 0.6) is 5.75 Å². The molecule has 0 unspecified atom stereocenters. The summed E-state index contributed by atoms with van der Waals surface area (Å²) in [5.74, 6) is 0.955. The van der Waals surface area contributed by atoms with Gasteiger partial charge < -0.3 is 14.5 Å². The van der Waals surface area contributed by atoms with Crippen LogP contribution in [0.3, 0.4) is 0 Å². The van der Waals surface area contributed by atoms with E-state index in [4.69, 9.17) is 4.74 Å². The van der Waals surface area contributed by atoms with Gasteiger partial charge in [-0.3, -0.25) is 4.79 Å². The molecular weight excluding hydrogens is 336 g/mol. The molecule has 25 heavy (non-hydrogen) atoms. The van der Waals surface area contributed by atoms with E-state index >= 15 is 0 Å². The van der Waals surface area contributed by atoms with Crippen molar-refractivity contribution in [1.82, 2.24) is 15.1 Å². The van der Waals surface area contributed by atoms with Crippen molar-refractivity contribution in [2.75, 3.05) is 44.7 Å². The van der Waals surface area contributed by atoms with Gasteiger partial charge in [-0.25, -0.2) is 0 Å². The van der Waals surface area contributed by atoms with Crippen molar-refractivity contribution in [2.24, 2.45) is 0 Å². The fourth-order valence-corrected chi connectivity index (χ4v) is 3.82. The van der Waals surface area contributed by atoms with Crippen LogP contribution in [-0.2, 0) is 17.6 Å². The van der Waals surface area contributed by atoms with Crippen LogP contribution < -0.4 is 9.64 Å². The molecule has 1 fully saturated rings. The summed E-state index contributed by atoms with van der Waals surface area (Å²) in [6, 6.07) is 7.61. The Morgan fingerprint density at radius 3 is 2.48 bits per heavy atom. The molecule has 0 atom stereocenters. The van der Waals surface area contributed by atoms with Gasteiger partial charge in [-0.1, -0.05) is 30.4 Å². The average Bonchev–Trinajstić information content (AvgIpc) is 3.10. The van der Waals surface area contributed by atoms with Crippen molar-refractivity contribution in [2.45, 2.75) is 19.8 Å². The number of likely N-dealkylation sites (N-methyl/N-ethyl adjacent to an activating group) is 1. The molecule has 3 rings (SSSR count). The van der Waals surface area contributed by atoms with Crippen LogP contribution in [0.15, 0.2) is 24.3 Å². The molecule has 1 aliphatic heterocycles. The van der Waals surface area contributed by atoms with Gasteiger partial charge in [0.15, 0.2) is 0 Å². The van der Waals surface area contributed by atoms with E-state index in [1.807, 2.05) is 24.3 Å². The van der Waals surface area contributed by atoms with Crippen molar-refractivity contribution in [3.8, 4) is 5.75 Å². The zero-order valence-electron chi connectivity index (χ0n) is 14.8. The summed E-state index contributed by atoms with van der Waals surface area (Å²) >= 11 is 1.54. The second-order valence-electron chi connectivity index (χ2n) is 6.14. The summed E-state index contributed by atoms with van der Waals surface area (Å²) in [6.45, 7) is 7.34. The molecular formula is C18H24N4O2S. The van der Waals surface area contributed by atoms with Crippen molar-refractivity contribution < 1.29 is 9.53 Å². The standard InChI is InChI=1S/C18H24N4O2S/c1-3-21-8-10-22(11-9-21)18-20-19-17(25-18)13-15(23)12-14-4-6-16(24-2)7-5-14/h4-7H,3,8-13H2,1-2H3. The molecule has 7 heteroatoms. The number of methoxy groups -OCH3 is 1. The Hall–Kier alpha value is -1.99. The van der Waals surface area contributed by atoms with E-state index in [1.165, 1.54) is 11.3 Å². The number of hydrogen-bond donors (Lipinski definition) is 0. The van der Waals surface area contributed by atoms with E-state index in [9.17, 15) is 4.79 Å². The molecule has 0 bridgehead atoms. The van der Waals surface area contributed by atoms with Crippen LogP contribution in [0, 0.1) is 0 Å². The summed E-state index contributed by atoms with van der Waals surface area (Å²) in [5, 5.41) is 10.2. The minimum Gasteiger partial charge on any atom is -0.497 e. The summed E-state index contributed by atoms with van der Waals surface area (Å²) in [6.07, 6.45) is 0.757. The molecule has 0 aliphatic carbocycles. The number of carbonyl (C=O) groups excluding carboxylic acids is 1. The lowest BCUT2D eigenvalue weighted by molar-refractivity contribution is -0.117. The Balaban J connectivity index is 1.53. The average molecular weight is 360 g/mol. The highest BCUT2D eigenvalue weighted by molar-refractivity contribution is 7.15. The van der Waals surface area contributed by atoms with Gasteiger partial charge in [0.05, 0.1) is 13.5 Å². The number of rotatable bonds is 7. The van der Waals surface area contributed by atoms with E-state index in [0.717, 1.165) is 54.2 Å². The largest absolute Gasteiger partial charge is 0.497 e. The first kappa shape index (κ1) is 17.8. The summed E-state index contributed by atoms with van der Waals surface area (Å²) < 4.78 is 5.13. The summed E-state index contributed by atoms with van der Waals surface area (Å²) in [7, 11) is 1.63. The maximum atomic E-state index is 12.3. The Labute approximate surface area is 152 Å². The lowest BCUT2D eigenvalue weighted by atomic mass is 10.1. The Morgan fingerprint density at radius 1 is 1.12 bits per heavy atom. The molecule has 1 aliphatic rings. The highest BCUT2D eigenvalue weighted by atomic mass is 32.1. The topological polar surface area (TPSA) is 58.6 Å². The second kappa shape index (κ2) is 8.40. The number of piperazine rings is 1. The van der Waals surface area contributed by atoms with Gasteiger partial charge in [-0.2, -0.15) is 0 Å². The molecule has 0 N–H and O–H groups in total. The molecule has 1 aromatic heterocycles. The smallest absolute Gasteiger partial charge is 0.208 e. The first-order chi connectivity index (χ1) is 12.2. The van der Waals surface area contributed by atoms with E-state index in [-0.39, 0.29) is 5.78 Å². The number of Topliss-reactive ketones (excluding diaryl/α,β-unsaturated/α-hetero) is 1. The van der Waals surface area contributed by atoms with Gasteiger partial charge in [-0.15, -0.1) is 10.2 Å². The van der Waals surface area contributed by atoms with Gasteiger partial charge in [0.2, 0.25) is 5.13 Å². The third kappa shape index (κ3) is 4.76. The molecule has 134 valence electrons. The molecule has 0 saturated carbocycles. The highest BCUT2D eigenvalue weighted by Gasteiger charge is 2.19. The number of carbonyl (C=O) groups is 1. The molecule has 0 amide bonds. The Bertz CT molecular complexity index is 693. The van der Waals surface area contributed by atoms with Gasteiger partial charge in [0.25, 0.3) is 0 Å². The van der Waals surface area contributed by atoms with Crippen molar-refractivity contribution >= 4 is 22.3 Å². The predicted molar refractivity (Wildman–Crippen MR) is 99.6 cm³/mol. The fourth-order valence-electron chi connectivity index (χ4n) is 2.90. The lowest BCUT2D eigenvalue weighted by Crippen LogP contribution is -2.46. The predicted octanol–water partition coefficient (Wildman–Crippen LogP) is 2.04. The van der Waals surface area contributed by atoms with Crippen molar-refractivity contribution in [3.63, 3.8) is 0 Å². The lowest BCUT2D eigenvalue weighted by Gasteiger charge is -2.33. The second-order valence-corrected chi connectivity index (χ2v) is 7.18. The van der Waals surface area contributed by atoms with Gasteiger partial charge in [0.1, 0.15) is 16.5 Å². The van der Waals surface area contributed by atoms with E-state index in [1.54, 1.807) is 7.11 Å². The first-order valence-corrected chi connectivity index (χ1v) is 9.44. The minimum atomic E-state index is 0.156. The molecule has 0 radical (unpaired) electrons. The van der Waals surface area contributed by atoms with E-state index in [2.05, 4.69) is 26.9 Å². The van der Waals surface area contributed by atoms with Crippen LogP contribution in [0.25, 0.3) is 0 Å². The number of anilines is 1. The van der Waals surface area contributed by atoms with Crippen LogP contribution in [0.2, 0.25) is 0 Å². The van der Waals surface area contributed by atoms with Crippen LogP contribution >= 0.6 is 11.3 Å². The Kier molecular flexibility index (Phi) is 5.99. The van der Waals surface area contributed by atoms with Crippen LogP contribution in [-0.4, -0.2) is 60.7 Å². The number of nitrogens with zero attached hydrogens (tertiary/aromatic N) is 4. The normalized spacial score (nSPS) is 15.4. The van der Waals surface area contributed by atoms with E-state index < -0.39 is 0 Å². The number of aromatic nitrogens is 2. The Morgan fingerprint density at radius 2 is 1.84 bits per heavy atom. The van der Waals surface area contributed by atoms with Gasteiger partial charge in [0, 0.05) is 32.6 Å². The van der Waals surface area contributed by atoms with Gasteiger partial charge >= 0.3 is 0 Å². The SMILES string of the molecule is CCN1CCN(c2nnc(CC(=O)Cc3ccc(OC)cc3)s2)CC1. The molecule has 2 aromatic rings. The summed E-state index contributed by atoms with van der Waals surface area (Å²) in [4.78, 5) is 17.0. The third-order valence-corrected chi connectivity index (χ3v) is 5.44. The molecule has 1 saturated heterocycles. The first-order valence-electron chi connectivity index (χ1n) is 8.62. The fraction of sp³-hybridized carbons (Fsp3) is 0.500. The highest BCUT2D eigenvalue weighted by Crippen LogP contribution is 2.22. The maximum absolute atomic E-state index is 12.3. The summed E-state index contributed by atoms with van der Waals surface area (Å²) in [5.41, 5.74) is 0.992. The third-order valence-electron chi connectivity index (χ3n) is 4.45. The molecule has 1 aromatic carbocycles. The number of hydrogen-bond acceptors (Lipinski definition) is 7. The number of ether oxygens (including phenoxy) is 1. The van der Waals surface area contributed by atoms with Crippen LogP contribution in [0.1, 0.15) is 17.5 Å². The number of benzene rings is 1. The zero-order chi connectivity index (χ0) is 17.6. The van der Waals surface area contributed by atoms with Crippen LogP contribution in [0.4, 0.5) is 5.13 Å². The van der Waals surface area contributed by atoms with E-state index in [0.29, 0.717) is 12.8 Å². The van der Waals surface area contributed by atoms with Gasteiger partial charge in [-0.05, 0) is 24.2 Å². The molecule has 2 heterocycles. The number of ketones is 1. The zero-order valence-corrected chi connectivity index (χ0v) is 15.6. The monoisotopic (exact) mass is 360 g/mol. The van der Waals surface area contributed by atoms with Crippen molar-refractivity contribution in [1.29, 1.82) is 0 Å². The molecule has 0 spiro atoms. The van der Waals surface area contributed by atoms with Crippen molar-refractivity contribution in [3.05, 3.63) is 34.8 Å². The maximum Gasteiger partial charge on any atom is 0.208 e.